The Balaban J connectivity index is 1.48. The smallest absolute Gasteiger partial charge is 0.341 e. The van der Waals surface area contributed by atoms with E-state index in [2.05, 4.69) is 5.32 Å². The second kappa shape index (κ2) is 7.81. The molecule has 0 saturated heterocycles. The molecule has 2 aliphatic heterocycles. The Hall–Kier alpha value is -2.78. The molecular formula is C21H24N2O6S. The maximum absolute atomic E-state index is 12.6. The van der Waals surface area contributed by atoms with E-state index in [4.69, 9.17) is 24.7 Å². The van der Waals surface area contributed by atoms with Gasteiger partial charge in [-0.25, -0.2) is 4.79 Å². The summed E-state index contributed by atoms with van der Waals surface area (Å²) < 4.78 is 22.0. The molecular weight excluding hydrogens is 408 g/mol. The van der Waals surface area contributed by atoms with Crippen LogP contribution in [0.4, 0.5) is 5.00 Å². The van der Waals surface area contributed by atoms with Crippen LogP contribution in [0.2, 0.25) is 0 Å². The third kappa shape index (κ3) is 4.08. The third-order valence-corrected chi connectivity index (χ3v) is 5.87. The number of hydrogen-bond donors (Lipinski definition) is 2. The van der Waals surface area contributed by atoms with Gasteiger partial charge in [0.05, 0.1) is 12.2 Å². The number of carbonyl (C=O) groups is 2. The molecule has 3 N–H and O–H groups in total. The second-order valence-corrected chi connectivity index (χ2v) is 9.16. The summed E-state index contributed by atoms with van der Waals surface area (Å²) in [6.07, 6.45) is 0.194. The molecule has 0 bridgehead atoms. The number of fused-ring (bicyclic) bond motifs is 2. The van der Waals surface area contributed by atoms with Gasteiger partial charge in [0.15, 0.2) is 11.5 Å². The summed E-state index contributed by atoms with van der Waals surface area (Å²) in [5, 5.41) is 3.30. The summed E-state index contributed by atoms with van der Waals surface area (Å²) >= 11 is 1.31. The van der Waals surface area contributed by atoms with Gasteiger partial charge in [-0.1, -0.05) is 0 Å². The Morgan fingerprint density at radius 2 is 2.03 bits per heavy atom. The van der Waals surface area contributed by atoms with E-state index in [0.717, 1.165) is 10.4 Å². The number of nitrogens with one attached hydrogen (secondary N) is 1. The summed E-state index contributed by atoms with van der Waals surface area (Å²) in [6.45, 7) is 6.29. The van der Waals surface area contributed by atoms with E-state index >= 15 is 0 Å². The number of hydrogen-bond acceptors (Lipinski definition) is 8. The molecule has 2 aliphatic rings. The van der Waals surface area contributed by atoms with Crippen molar-refractivity contribution in [3.05, 3.63) is 39.8 Å². The van der Waals surface area contributed by atoms with E-state index in [9.17, 15) is 9.59 Å². The number of benzene rings is 1. The lowest BCUT2D eigenvalue weighted by Gasteiger charge is -2.24. The zero-order valence-electron chi connectivity index (χ0n) is 17.1. The molecule has 0 saturated carbocycles. The average Bonchev–Trinajstić information content (AvgIpc) is 3.27. The number of esters is 1. The van der Waals surface area contributed by atoms with Crippen molar-refractivity contribution < 1.29 is 28.5 Å². The van der Waals surface area contributed by atoms with E-state index in [-0.39, 0.29) is 25.3 Å². The molecule has 0 spiro atoms. The van der Waals surface area contributed by atoms with E-state index in [1.54, 1.807) is 18.2 Å². The number of thiophene rings is 1. The van der Waals surface area contributed by atoms with Crippen molar-refractivity contribution in [3.63, 3.8) is 0 Å². The molecule has 0 radical (unpaired) electrons. The minimum Gasteiger partial charge on any atom is -0.456 e. The first-order chi connectivity index (χ1) is 14.2. The van der Waals surface area contributed by atoms with Gasteiger partial charge in [-0.3, -0.25) is 4.79 Å². The Bertz CT molecular complexity index is 994. The highest BCUT2D eigenvalue weighted by atomic mass is 32.1. The lowest BCUT2D eigenvalue weighted by atomic mass is 10.0. The van der Waals surface area contributed by atoms with Crippen molar-refractivity contribution in [2.24, 2.45) is 0 Å². The molecule has 0 aliphatic carbocycles. The first-order valence-corrected chi connectivity index (χ1v) is 10.5. The summed E-state index contributed by atoms with van der Waals surface area (Å²) in [4.78, 5) is 26.1. The van der Waals surface area contributed by atoms with Crippen LogP contribution in [-0.4, -0.2) is 37.4 Å². The molecule has 3 heterocycles. The van der Waals surface area contributed by atoms with Crippen LogP contribution in [-0.2, 0) is 15.9 Å². The lowest BCUT2D eigenvalue weighted by molar-refractivity contribution is 0.00653. The van der Waals surface area contributed by atoms with Crippen LogP contribution in [0, 0.1) is 0 Å². The van der Waals surface area contributed by atoms with Crippen molar-refractivity contribution in [3.8, 4) is 11.5 Å². The van der Waals surface area contributed by atoms with Crippen LogP contribution in [0.25, 0.3) is 0 Å². The van der Waals surface area contributed by atoms with Crippen molar-refractivity contribution in [2.45, 2.75) is 38.9 Å². The molecule has 30 heavy (non-hydrogen) atoms. The molecule has 1 atom stereocenters. The maximum Gasteiger partial charge on any atom is 0.341 e. The summed E-state index contributed by atoms with van der Waals surface area (Å²) in [5.74, 6) is 0.492. The Morgan fingerprint density at radius 1 is 1.27 bits per heavy atom. The van der Waals surface area contributed by atoms with Gasteiger partial charge >= 0.3 is 5.97 Å². The standard InChI is InChI=1S/C21H24N2O6S/c1-21(2,3)29-20(25)16-12-6-7-26-15(17(12)30-18(16)22)9-23-19(24)11-4-5-13-14(8-11)28-10-27-13/h4-5,8,15H,6-7,9-10,22H2,1-3H3,(H,23,24). The molecule has 9 heteroatoms. The predicted octanol–water partition coefficient (Wildman–Crippen LogP) is 3.06. The quantitative estimate of drug-likeness (QED) is 0.715. The fourth-order valence-electron chi connectivity index (χ4n) is 3.42. The topological polar surface area (TPSA) is 109 Å². The fourth-order valence-corrected chi connectivity index (χ4v) is 4.58. The molecule has 160 valence electrons. The number of ether oxygens (including phenoxy) is 4. The number of rotatable bonds is 4. The van der Waals surface area contributed by atoms with Crippen molar-refractivity contribution in [2.75, 3.05) is 25.7 Å². The van der Waals surface area contributed by atoms with Crippen LogP contribution in [0.15, 0.2) is 18.2 Å². The Morgan fingerprint density at radius 3 is 2.80 bits per heavy atom. The largest absolute Gasteiger partial charge is 0.456 e. The van der Waals surface area contributed by atoms with Crippen molar-refractivity contribution >= 4 is 28.2 Å². The molecule has 8 nitrogen and oxygen atoms in total. The van der Waals surface area contributed by atoms with Crippen molar-refractivity contribution in [1.29, 1.82) is 0 Å². The first-order valence-electron chi connectivity index (χ1n) is 9.67. The molecule has 1 aromatic heterocycles. The summed E-state index contributed by atoms with van der Waals surface area (Å²) in [7, 11) is 0. The average molecular weight is 432 g/mol. The predicted molar refractivity (Wildman–Crippen MR) is 111 cm³/mol. The van der Waals surface area contributed by atoms with Crippen LogP contribution in [0.1, 0.15) is 58.0 Å². The Labute approximate surface area is 178 Å². The van der Waals surface area contributed by atoms with Crippen LogP contribution in [0.3, 0.4) is 0 Å². The zero-order chi connectivity index (χ0) is 21.5. The van der Waals surface area contributed by atoms with Gasteiger partial charge in [0.2, 0.25) is 6.79 Å². The third-order valence-electron chi connectivity index (χ3n) is 4.71. The van der Waals surface area contributed by atoms with Crippen LogP contribution in [0.5, 0.6) is 11.5 Å². The van der Waals surface area contributed by atoms with Gasteiger partial charge in [-0.2, -0.15) is 0 Å². The minimum atomic E-state index is -0.610. The van der Waals surface area contributed by atoms with Crippen LogP contribution < -0.4 is 20.5 Å². The minimum absolute atomic E-state index is 0.152. The summed E-state index contributed by atoms with van der Waals surface area (Å²) in [5.41, 5.74) is 7.27. The highest BCUT2D eigenvalue weighted by Crippen LogP contribution is 2.40. The summed E-state index contributed by atoms with van der Waals surface area (Å²) in [6, 6.07) is 5.04. The van der Waals surface area contributed by atoms with E-state index in [1.165, 1.54) is 11.3 Å². The van der Waals surface area contributed by atoms with Crippen LogP contribution >= 0.6 is 11.3 Å². The number of amides is 1. The maximum atomic E-state index is 12.6. The number of carbonyl (C=O) groups excluding carboxylic acids is 2. The second-order valence-electron chi connectivity index (χ2n) is 8.07. The monoisotopic (exact) mass is 432 g/mol. The normalized spacial score (nSPS) is 17.4. The van der Waals surface area contributed by atoms with E-state index in [1.807, 2.05) is 20.8 Å². The fraction of sp³-hybridized carbons (Fsp3) is 0.429. The molecule has 4 rings (SSSR count). The highest BCUT2D eigenvalue weighted by Gasteiger charge is 2.32. The van der Waals surface area contributed by atoms with E-state index in [0.29, 0.717) is 40.7 Å². The number of anilines is 1. The van der Waals surface area contributed by atoms with Gasteiger partial charge in [-0.15, -0.1) is 11.3 Å². The van der Waals surface area contributed by atoms with Gasteiger partial charge in [0.1, 0.15) is 16.7 Å². The molecule has 1 unspecified atom stereocenters. The molecule has 1 aromatic carbocycles. The highest BCUT2D eigenvalue weighted by molar-refractivity contribution is 7.16. The molecule has 0 fully saturated rings. The SMILES string of the molecule is CC(C)(C)OC(=O)c1c(N)sc2c1CCOC2CNC(=O)c1ccc2c(c1)OCO2. The lowest BCUT2D eigenvalue weighted by Crippen LogP contribution is -2.31. The van der Waals surface area contributed by atoms with Gasteiger partial charge in [0.25, 0.3) is 5.91 Å². The van der Waals surface area contributed by atoms with Gasteiger partial charge < -0.3 is 30.0 Å². The number of nitrogen functional groups attached to an aromatic ring is 1. The van der Waals surface area contributed by atoms with Crippen molar-refractivity contribution in [1.82, 2.24) is 5.32 Å². The van der Waals surface area contributed by atoms with Gasteiger partial charge in [-0.05, 0) is 51.0 Å². The molecule has 2 aromatic rings. The number of nitrogens with two attached hydrogens (primary N) is 1. The van der Waals surface area contributed by atoms with Gasteiger partial charge in [0, 0.05) is 17.0 Å². The Kier molecular flexibility index (Phi) is 5.33. The molecule has 1 amide bonds. The van der Waals surface area contributed by atoms with E-state index < -0.39 is 11.6 Å². The first kappa shape index (κ1) is 20.5. The zero-order valence-corrected chi connectivity index (χ0v) is 17.9.